The molecule has 14 heavy (non-hydrogen) atoms. The molecule has 1 aliphatic heterocycles. The molecule has 1 spiro atoms. The summed E-state index contributed by atoms with van der Waals surface area (Å²) < 4.78 is 0. The minimum Gasteiger partial charge on any atom is -0.396 e. The van der Waals surface area contributed by atoms with Gasteiger partial charge in [-0.05, 0) is 44.1 Å². The Morgan fingerprint density at radius 3 is 2.43 bits per heavy atom. The van der Waals surface area contributed by atoms with Crippen LogP contribution < -0.4 is 5.32 Å². The van der Waals surface area contributed by atoms with E-state index < -0.39 is 0 Å². The SMILES string of the molecule is CC1(C)CCC2(CC1)NCCC2CO. The van der Waals surface area contributed by atoms with Gasteiger partial charge in [-0.3, -0.25) is 0 Å². The third kappa shape index (κ3) is 1.70. The van der Waals surface area contributed by atoms with Gasteiger partial charge in [0.15, 0.2) is 0 Å². The van der Waals surface area contributed by atoms with Gasteiger partial charge in [-0.1, -0.05) is 13.8 Å². The summed E-state index contributed by atoms with van der Waals surface area (Å²) >= 11 is 0. The highest BCUT2D eigenvalue weighted by atomic mass is 16.3. The molecule has 1 unspecified atom stereocenters. The molecule has 1 heterocycles. The second-order valence-corrected chi connectivity index (χ2v) is 5.92. The first-order valence-electron chi connectivity index (χ1n) is 5.94. The maximum atomic E-state index is 9.37. The molecule has 1 aliphatic carbocycles. The van der Waals surface area contributed by atoms with E-state index in [9.17, 15) is 5.11 Å². The average molecular weight is 197 g/mol. The van der Waals surface area contributed by atoms with E-state index in [1.807, 2.05) is 0 Å². The lowest BCUT2D eigenvalue weighted by molar-refractivity contribution is 0.0830. The zero-order chi connectivity index (χ0) is 10.2. The van der Waals surface area contributed by atoms with Crippen molar-refractivity contribution in [1.82, 2.24) is 5.32 Å². The van der Waals surface area contributed by atoms with E-state index in [-0.39, 0.29) is 0 Å². The summed E-state index contributed by atoms with van der Waals surface area (Å²) in [6.07, 6.45) is 6.28. The maximum Gasteiger partial charge on any atom is 0.0477 e. The summed E-state index contributed by atoms with van der Waals surface area (Å²) in [4.78, 5) is 0. The van der Waals surface area contributed by atoms with Gasteiger partial charge in [-0.25, -0.2) is 0 Å². The van der Waals surface area contributed by atoms with Gasteiger partial charge in [0.05, 0.1) is 0 Å². The van der Waals surface area contributed by atoms with E-state index in [4.69, 9.17) is 0 Å². The van der Waals surface area contributed by atoms with Gasteiger partial charge in [0.1, 0.15) is 0 Å². The smallest absolute Gasteiger partial charge is 0.0477 e. The molecule has 0 aromatic heterocycles. The number of rotatable bonds is 1. The third-order valence-electron chi connectivity index (χ3n) is 4.47. The van der Waals surface area contributed by atoms with Crippen LogP contribution in [0, 0.1) is 11.3 Å². The van der Waals surface area contributed by atoms with E-state index in [1.54, 1.807) is 0 Å². The van der Waals surface area contributed by atoms with Crippen molar-refractivity contribution in [3.63, 3.8) is 0 Å². The molecular weight excluding hydrogens is 174 g/mol. The van der Waals surface area contributed by atoms with Crippen LogP contribution in [0.4, 0.5) is 0 Å². The summed E-state index contributed by atoms with van der Waals surface area (Å²) in [5.41, 5.74) is 0.819. The first kappa shape index (κ1) is 10.4. The molecule has 0 bridgehead atoms. The predicted octanol–water partition coefficient (Wildman–Crippen LogP) is 1.93. The average Bonchev–Trinajstić information content (AvgIpc) is 2.54. The van der Waals surface area contributed by atoms with Crippen LogP contribution in [-0.2, 0) is 0 Å². The van der Waals surface area contributed by atoms with Crippen molar-refractivity contribution in [2.45, 2.75) is 51.5 Å². The third-order valence-corrected chi connectivity index (χ3v) is 4.47. The van der Waals surface area contributed by atoms with Gasteiger partial charge in [0.25, 0.3) is 0 Å². The van der Waals surface area contributed by atoms with Crippen LogP contribution in [0.25, 0.3) is 0 Å². The highest BCUT2D eigenvalue weighted by molar-refractivity contribution is 5.03. The first-order valence-corrected chi connectivity index (χ1v) is 5.94. The Balaban J connectivity index is 2.04. The van der Waals surface area contributed by atoms with Crippen molar-refractivity contribution >= 4 is 0 Å². The quantitative estimate of drug-likeness (QED) is 0.673. The maximum absolute atomic E-state index is 9.37. The van der Waals surface area contributed by atoms with Gasteiger partial charge < -0.3 is 10.4 Å². The fourth-order valence-corrected chi connectivity index (χ4v) is 3.14. The number of nitrogens with one attached hydrogen (secondary N) is 1. The number of aliphatic hydroxyl groups is 1. The molecule has 1 saturated carbocycles. The Morgan fingerprint density at radius 2 is 1.86 bits per heavy atom. The Kier molecular flexibility index (Phi) is 2.61. The van der Waals surface area contributed by atoms with E-state index in [0.29, 0.717) is 23.5 Å². The molecule has 0 amide bonds. The molecule has 2 fully saturated rings. The van der Waals surface area contributed by atoms with E-state index in [2.05, 4.69) is 19.2 Å². The standard InChI is InChI=1S/C12H23NO/c1-11(2)4-6-12(7-5-11)10(9-14)3-8-13-12/h10,13-14H,3-9H2,1-2H3. The van der Waals surface area contributed by atoms with Crippen molar-refractivity contribution in [2.24, 2.45) is 11.3 Å². The molecule has 2 heteroatoms. The molecule has 1 atom stereocenters. The lowest BCUT2D eigenvalue weighted by Crippen LogP contribution is -2.49. The fourth-order valence-electron chi connectivity index (χ4n) is 3.14. The van der Waals surface area contributed by atoms with Crippen LogP contribution in [0.1, 0.15) is 46.0 Å². The van der Waals surface area contributed by atoms with Gasteiger partial charge in [0, 0.05) is 18.1 Å². The minimum absolute atomic E-state index is 0.296. The zero-order valence-corrected chi connectivity index (χ0v) is 9.47. The Hall–Kier alpha value is -0.0800. The van der Waals surface area contributed by atoms with Crippen molar-refractivity contribution in [3.05, 3.63) is 0 Å². The second-order valence-electron chi connectivity index (χ2n) is 5.92. The topological polar surface area (TPSA) is 32.3 Å². The van der Waals surface area contributed by atoms with Crippen molar-refractivity contribution in [3.8, 4) is 0 Å². The molecule has 2 aliphatic rings. The van der Waals surface area contributed by atoms with E-state index in [1.165, 1.54) is 25.7 Å². The highest BCUT2D eigenvalue weighted by Crippen LogP contribution is 2.45. The monoisotopic (exact) mass is 197 g/mol. The Morgan fingerprint density at radius 1 is 1.21 bits per heavy atom. The summed E-state index contributed by atoms with van der Waals surface area (Å²) in [5.74, 6) is 0.513. The second kappa shape index (κ2) is 3.49. The van der Waals surface area contributed by atoms with Crippen LogP contribution in [0.15, 0.2) is 0 Å². The summed E-state index contributed by atoms with van der Waals surface area (Å²) in [7, 11) is 0. The molecule has 82 valence electrons. The van der Waals surface area contributed by atoms with Gasteiger partial charge in [0.2, 0.25) is 0 Å². The van der Waals surface area contributed by atoms with Crippen LogP contribution in [-0.4, -0.2) is 23.8 Å². The molecule has 1 saturated heterocycles. The van der Waals surface area contributed by atoms with E-state index >= 15 is 0 Å². The van der Waals surface area contributed by atoms with Crippen LogP contribution in [0.5, 0.6) is 0 Å². The summed E-state index contributed by atoms with van der Waals surface area (Å²) in [6.45, 7) is 6.20. The van der Waals surface area contributed by atoms with Crippen molar-refractivity contribution in [2.75, 3.05) is 13.2 Å². The minimum atomic E-state index is 0.296. The molecule has 2 nitrogen and oxygen atoms in total. The number of aliphatic hydroxyl groups excluding tert-OH is 1. The normalized spacial score (nSPS) is 34.9. The Bertz CT molecular complexity index is 202. The van der Waals surface area contributed by atoms with Gasteiger partial charge in [-0.15, -0.1) is 0 Å². The van der Waals surface area contributed by atoms with Gasteiger partial charge >= 0.3 is 0 Å². The fraction of sp³-hybridized carbons (Fsp3) is 1.00. The lowest BCUT2D eigenvalue weighted by Gasteiger charge is -2.44. The Labute approximate surface area is 87.1 Å². The molecule has 0 radical (unpaired) electrons. The van der Waals surface area contributed by atoms with Crippen molar-refractivity contribution in [1.29, 1.82) is 0 Å². The predicted molar refractivity (Wildman–Crippen MR) is 58.2 cm³/mol. The number of hydrogen-bond acceptors (Lipinski definition) is 2. The van der Waals surface area contributed by atoms with Crippen LogP contribution in [0.2, 0.25) is 0 Å². The molecular formula is C12H23NO. The summed E-state index contributed by atoms with van der Waals surface area (Å²) in [6, 6.07) is 0. The molecule has 2 rings (SSSR count). The highest BCUT2D eigenvalue weighted by Gasteiger charge is 2.45. The van der Waals surface area contributed by atoms with Crippen molar-refractivity contribution < 1.29 is 5.11 Å². The molecule has 2 N–H and O–H groups in total. The zero-order valence-electron chi connectivity index (χ0n) is 9.47. The van der Waals surface area contributed by atoms with Gasteiger partial charge in [-0.2, -0.15) is 0 Å². The molecule has 0 aromatic carbocycles. The number of hydrogen-bond donors (Lipinski definition) is 2. The lowest BCUT2D eigenvalue weighted by atomic mass is 9.66. The molecule has 0 aromatic rings. The largest absolute Gasteiger partial charge is 0.396 e. The van der Waals surface area contributed by atoms with Crippen LogP contribution in [0.3, 0.4) is 0 Å². The summed E-state index contributed by atoms with van der Waals surface area (Å²) in [5, 5.41) is 13.0. The van der Waals surface area contributed by atoms with Crippen LogP contribution >= 0.6 is 0 Å². The first-order chi connectivity index (χ1) is 6.58. The van der Waals surface area contributed by atoms with E-state index in [0.717, 1.165) is 13.0 Å².